The number of carbonyl (C=O) groups is 1. The highest BCUT2D eigenvalue weighted by molar-refractivity contribution is 7.93. The number of carbonyl (C=O) groups excluding carboxylic acids is 1. The molecule has 0 bridgehead atoms. The maximum atomic E-state index is 12.9. The molecular formula is C17H20ClN3O3S. The van der Waals surface area contributed by atoms with Crippen molar-refractivity contribution in [3.05, 3.63) is 41.0 Å². The van der Waals surface area contributed by atoms with E-state index in [-0.39, 0.29) is 4.90 Å². The topological polar surface area (TPSA) is 81.1 Å². The normalized spacial score (nSPS) is 15.2. The number of anilines is 1. The molecule has 1 aliphatic carbocycles. The lowest BCUT2D eigenvalue weighted by atomic mass is 10.2. The van der Waals surface area contributed by atoms with Crippen molar-refractivity contribution in [3.8, 4) is 0 Å². The molecule has 0 atom stereocenters. The summed E-state index contributed by atoms with van der Waals surface area (Å²) < 4.78 is 25.7. The van der Waals surface area contributed by atoms with Crippen LogP contribution in [-0.4, -0.2) is 28.9 Å². The van der Waals surface area contributed by atoms with Crippen molar-refractivity contribution in [2.45, 2.75) is 42.2 Å². The molecule has 3 rings (SSSR count). The summed E-state index contributed by atoms with van der Waals surface area (Å²) in [5, 5.41) is 7.51. The van der Waals surface area contributed by atoms with Crippen LogP contribution in [-0.2, 0) is 21.7 Å². The quantitative estimate of drug-likeness (QED) is 0.862. The van der Waals surface area contributed by atoms with Gasteiger partial charge in [0.25, 0.3) is 0 Å². The monoisotopic (exact) mass is 381 g/mol. The molecule has 1 amide bonds. The highest BCUT2D eigenvalue weighted by Gasteiger charge is 2.43. The smallest absolute Gasteiger partial charge is 0.246 e. The van der Waals surface area contributed by atoms with Gasteiger partial charge in [0.1, 0.15) is 10.6 Å². The van der Waals surface area contributed by atoms with Gasteiger partial charge in [0.2, 0.25) is 5.91 Å². The van der Waals surface area contributed by atoms with E-state index in [1.165, 1.54) is 38.1 Å². The maximum Gasteiger partial charge on any atom is 0.246 e. The lowest BCUT2D eigenvalue weighted by molar-refractivity contribution is -0.117. The number of rotatable bonds is 5. The molecule has 25 heavy (non-hydrogen) atoms. The van der Waals surface area contributed by atoms with Crippen molar-refractivity contribution in [1.82, 2.24) is 9.78 Å². The van der Waals surface area contributed by atoms with Gasteiger partial charge >= 0.3 is 0 Å². The van der Waals surface area contributed by atoms with Crippen LogP contribution in [0.2, 0.25) is 5.02 Å². The highest BCUT2D eigenvalue weighted by Crippen LogP contribution is 2.40. The van der Waals surface area contributed by atoms with Crippen LogP contribution < -0.4 is 5.32 Å². The molecule has 1 heterocycles. The van der Waals surface area contributed by atoms with Crippen LogP contribution >= 0.6 is 11.6 Å². The fourth-order valence-electron chi connectivity index (χ4n) is 2.48. The van der Waals surface area contributed by atoms with Crippen LogP contribution in [0.3, 0.4) is 0 Å². The molecule has 1 fully saturated rings. The zero-order valence-corrected chi connectivity index (χ0v) is 15.9. The third kappa shape index (κ3) is 3.30. The first-order valence-electron chi connectivity index (χ1n) is 7.98. The van der Waals surface area contributed by atoms with Gasteiger partial charge in [-0.3, -0.25) is 9.48 Å². The van der Waals surface area contributed by atoms with E-state index in [4.69, 9.17) is 11.6 Å². The van der Waals surface area contributed by atoms with E-state index in [2.05, 4.69) is 10.4 Å². The largest absolute Gasteiger partial charge is 0.310 e. The molecule has 1 aliphatic rings. The fourth-order valence-corrected chi connectivity index (χ4v) is 3.99. The minimum Gasteiger partial charge on any atom is -0.310 e. The van der Waals surface area contributed by atoms with Gasteiger partial charge in [-0.25, -0.2) is 8.42 Å². The average Bonchev–Trinajstić information content (AvgIpc) is 3.33. The Kier molecular flexibility index (Phi) is 4.41. The number of hydrogen-bond acceptors (Lipinski definition) is 4. The summed E-state index contributed by atoms with van der Waals surface area (Å²) in [5.74, 6) is 0.335. The Morgan fingerprint density at radius 2 is 1.88 bits per heavy atom. The molecule has 6 nitrogen and oxygen atoms in total. The summed E-state index contributed by atoms with van der Waals surface area (Å²) in [6, 6.07) is 7.60. The summed E-state index contributed by atoms with van der Waals surface area (Å²) in [4.78, 5) is 12.8. The number of nitrogens with one attached hydrogen (secondary N) is 1. The Labute approximate surface area is 152 Å². The van der Waals surface area contributed by atoms with E-state index in [0.717, 1.165) is 18.5 Å². The molecule has 0 spiro atoms. The molecule has 1 aromatic carbocycles. The molecule has 1 N–H and O–H groups in total. The van der Waals surface area contributed by atoms with Crippen LogP contribution in [0.15, 0.2) is 35.2 Å². The van der Waals surface area contributed by atoms with Crippen LogP contribution in [0.5, 0.6) is 0 Å². The fraction of sp³-hybridized carbons (Fsp3) is 0.412. The minimum absolute atomic E-state index is 0.0562. The number of benzene rings is 1. The predicted octanol–water partition coefficient (Wildman–Crippen LogP) is 3.14. The van der Waals surface area contributed by atoms with Gasteiger partial charge < -0.3 is 5.32 Å². The molecule has 0 unspecified atom stereocenters. The third-order valence-electron chi connectivity index (χ3n) is 4.48. The molecule has 134 valence electrons. The molecule has 8 heteroatoms. The van der Waals surface area contributed by atoms with Crippen molar-refractivity contribution < 1.29 is 13.2 Å². The van der Waals surface area contributed by atoms with E-state index in [1.807, 2.05) is 0 Å². The van der Waals surface area contributed by atoms with Gasteiger partial charge in [-0.05, 0) is 51.0 Å². The van der Waals surface area contributed by atoms with E-state index in [1.54, 1.807) is 17.8 Å². The molecule has 0 aliphatic heterocycles. The van der Waals surface area contributed by atoms with Gasteiger partial charge in [-0.2, -0.15) is 5.10 Å². The van der Waals surface area contributed by atoms with Gasteiger partial charge in [0.05, 0.1) is 10.6 Å². The number of hydrogen-bond donors (Lipinski definition) is 1. The number of halogens is 1. The maximum absolute atomic E-state index is 12.9. The third-order valence-corrected chi connectivity index (χ3v) is 7.15. The standard InChI is InChI=1S/C17H20ClN3O3S/c1-17(2,25(23,24)13-8-6-12(18)7-9-13)16(22)19-15-10-14(11-4-5-11)20-21(15)3/h6-11H,4-5H2,1-3H3,(H,19,22). The molecule has 2 aromatic rings. The Morgan fingerprint density at radius 3 is 2.44 bits per heavy atom. The van der Waals surface area contributed by atoms with Crippen molar-refractivity contribution in [2.24, 2.45) is 7.05 Å². The minimum atomic E-state index is -3.88. The van der Waals surface area contributed by atoms with Crippen LogP contribution in [0.1, 0.15) is 38.3 Å². The van der Waals surface area contributed by atoms with E-state index < -0.39 is 20.5 Å². The lowest BCUT2D eigenvalue weighted by Gasteiger charge is -2.23. The summed E-state index contributed by atoms with van der Waals surface area (Å²) in [6.07, 6.45) is 2.20. The van der Waals surface area contributed by atoms with E-state index in [9.17, 15) is 13.2 Å². The number of aromatic nitrogens is 2. The van der Waals surface area contributed by atoms with Crippen LogP contribution in [0, 0.1) is 0 Å². The molecule has 0 saturated heterocycles. The van der Waals surface area contributed by atoms with Crippen molar-refractivity contribution in [1.29, 1.82) is 0 Å². The lowest BCUT2D eigenvalue weighted by Crippen LogP contribution is -2.44. The van der Waals surface area contributed by atoms with Crippen molar-refractivity contribution in [3.63, 3.8) is 0 Å². The van der Waals surface area contributed by atoms with Gasteiger partial charge in [-0.15, -0.1) is 0 Å². The van der Waals surface area contributed by atoms with E-state index >= 15 is 0 Å². The first kappa shape index (κ1) is 17.9. The summed E-state index contributed by atoms with van der Waals surface area (Å²) in [5.41, 5.74) is 0.927. The molecule has 1 saturated carbocycles. The Balaban J connectivity index is 1.85. The average molecular weight is 382 g/mol. The summed E-state index contributed by atoms with van der Waals surface area (Å²) in [6.45, 7) is 2.79. The zero-order valence-electron chi connectivity index (χ0n) is 14.3. The zero-order chi connectivity index (χ0) is 18.4. The predicted molar refractivity (Wildman–Crippen MR) is 96.5 cm³/mol. The Hall–Kier alpha value is -1.86. The summed E-state index contributed by atoms with van der Waals surface area (Å²) in [7, 11) is -2.16. The molecule has 0 radical (unpaired) electrons. The molecule has 1 aromatic heterocycles. The number of sulfone groups is 1. The second-order valence-corrected chi connectivity index (χ2v) is 9.71. The van der Waals surface area contributed by atoms with E-state index in [0.29, 0.717) is 16.8 Å². The Bertz CT molecular complexity index is 913. The second-order valence-electron chi connectivity index (χ2n) is 6.77. The van der Waals surface area contributed by atoms with Gasteiger partial charge in [-0.1, -0.05) is 11.6 Å². The second kappa shape index (κ2) is 6.14. The first-order chi connectivity index (χ1) is 11.6. The number of aryl methyl sites for hydroxylation is 1. The highest BCUT2D eigenvalue weighted by atomic mass is 35.5. The summed E-state index contributed by atoms with van der Waals surface area (Å²) >= 11 is 5.81. The van der Waals surface area contributed by atoms with Crippen LogP contribution in [0.25, 0.3) is 0 Å². The molecular weight excluding hydrogens is 362 g/mol. The van der Waals surface area contributed by atoms with Crippen LogP contribution in [0.4, 0.5) is 5.82 Å². The van der Waals surface area contributed by atoms with Crippen molar-refractivity contribution >= 4 is 33.2 Å². The number of nitrogens with zero attached hydrogens (tertiary/aromatic N) is 2. The Morgan fingerprint density at radius 1 is 1.28 bits per heavy atom. The van der Waals surface area contributed by atoms with Gasteiger partial charge in [0.15, 0.2) is 9.84 Å². The SMILES string of the molecule is Cn1nc(C2CC2)cc1NC(=O)C(C)(C)S(=O)(=O)c1ccc(Cl)cc1. The van der Waals surface area contributed by atoms with Gasteiger partial charge in [0, 0.05) is 24.1 Å². The van der Waals surface area contributed by atoms with Crippen molar-refractivity contribution in [2.75, 3.05) is 5.32 Å². The number of amides is 1. The first-order valence-corrected chi connectivity index (χ1v) is 9.84.